The van der Waals surface area contributed by atoms with Crippen molar-refractivity contribution in [2.75, 3.05) is 21.3 Å². The Morgan fingerprint density at radius 1 is 0.860 bits per heavy atom. The van der Waals surface area contributed by atoms with Crippen LogP contribution in [0.5, 0.6) is 11.5 Å². The number of nitrogens with zero attached hydrogens (tertiary/aromatic N) is 2. The molecule has 0 radical (unpaired) electrons. The maximum absolute atomic E-state index is 13.6. The number of hydrogen-bond acceptors (Lipinski definition) is 10. The van der Waals surface area contributed by atoms with Crippen LogP contribution in [0.15, 0.2) is 70.9 Å². The average Bonchev–Trinajstić information content (AvgIpc) is 3.67. The van der Waals surface area contributed by atoms with Gasteiger partial charge in [0.05, 0.1) is 38.7 Å². The molecule has 43 heavy (non-hydrogen) atoms. The average molecular weight is 583 g/mol. The van der Waals surface area contributed by atoms with Gasteiger partial charge in [-0.2, -0.15) is 5.26 Å². The summed E-state index contributed by atoms with van der Waals surface area (Å²) in [6.45, 7) is 3.43. The van der Waals surface area contributed by atoms with Gasteiger partial charge in [-0.25, -0.2) is 14.4 Å². The van der Waals surface area contributed by atoms with E-state index >= 15 is 0 Å². The number of ether oxygens (including phenoxy) is 4. The lowest BCUT2D eigenvalue weighted by molar-refractivity contribution is 0.0597. The van der Waals surface area contributed by atoms with Crippen LogP contribution in [0, 0.1) is 25.2 Å². The second-order valence-corrected chi connectivity index (χ2v) is 9.15. The molecular formula is C32H26N2O9. The van der Waals surface area contributed by atoms with Crippen molar-refractivity contribution in [1.29, 1.82) is 5.26 Å². The molecule has 0 N–H and O–H groups in total. The van der Waals surface area contributed by atoms with Crippen LogP contribution in [0.25, 0.3) is 11.8 Å². The van der Waals surface area contributed by atoms with Crippen LogP contribution >= 0.6 is 0 Å². The summed E-state index contributed by atoms with van der Waals surface area (Å²) in [7, 11) is 3.84. The minimum absolute atomic E-state index is 0.0135. The summed E-state index contributed by atoms with van der Waals surface area (Å²) in [5.41, 5.74) is 2.26. The zero-order chi connectivity index (χ0) is 31.3. The van der Waals surface area contributed by atoms with Gasteiger partial charge in [0.15, 0.2) is 11.5 Å². The smallest absolute Gasteiger partial charge is 0.379 e. The fourth-order valence-corrected chi connectivity index (χ4v) is 4.47. The molecule has 11 nitrogen and oxygen atoms in total. The Bertz CT molecular complexity index is 1770. The number of Topliss-reactive ketones (excluding diaryl/α,β-unsaturated/α-hetero) is 1. The van der Waals surface area contributed by atoms with Crippen molar-refractivity contribution in [3.8, 4) is 23.3 Å². The van der Waals surface area contributed by atoms with Crippen LogP contribution in [0.2, 0.25) is 0 Å². The number of hydrogen-bond donors (Lipinski definition) is 0. The molecule has 2 aromatic heterocycles. The number of esters is 3. The molecule has 0 aliphatic heterocycles. The standard InChI is InChI=1S/C32H26N2O9/c1-18-11-25(19(2)34(18)24-15-21(30(36)40-4)14-22(16-24)31(37)41-5)29(35)23(17-33)12-20-8-9-26(28(13-20)39-3)43-32(38)27-7-6-10-42-27/h6-16H,1-5H3/b23-12+. The van der Waals surface area contributed by atoms with Crippen molar-refractivity contribution < 1.29 is 42.5 Å². The van der Waals surface area contributed by atoms with Crippen molar-refractivity contribution in [3.05, 3.63) is 106 Å². The Morgan fingerprint density at radius 2 is 1.53 bits per heavy atom. The minimum atomic E-state index is -0.717. The summed E-state index contributed by atoms with van der Waals surface area (Å²) in [4.78, 5) is 50.5. The van der Waals surface area contributed by atoms with Crippen molar-refractivity contribution in [2.24, 2.45) is 0 Å². The van der Waals surface area contributed by atoms with E-state index in [0.29, 0.717) is 22.6 Å². The highest BCUT2D eigenvalue weighted by Crippen LogP contribution is 2.31. The lowest BCUT2D eigenvalue weighted by Gasteiger charge is -2.13. The fraction of sp³-hybridized carbons (Fsp3) is 0.156. The van der Waals surface area contributed by atoms with Gasteiger partial charge in [-0.05, 0) is 74.0 Å². The molecule has 0 spiro atoms. The summed E-state index contributed by atoms with van der Waals surface area (Å²) >= 11 is 0. The molecule has 4 rings (SSSR count). The second kappa shape index (κ2) is 12.7. The number of carbonyl (C=O) groups excluding carboxylic acids is 4. The van der Waals surface area contributed by atoms with E-state index in [9.17, 15) is 24.4 Å². The minimum Gasteiger partial charge on any atom is -0.493 e. The first-order chi connectivity index (χ1) is 20.6. The Balaban J connectivity index is 1.69. The molecule has 0 aliphatic rings. The fourth-order valence-electron chi connectivity index (χ4n) is 4.47. The van der Waals surface area contributed by atoms with Crippen LogP contribution in [-0.4, -0.2) is 49.6 Å². The molecule has 2 aromatic carbocycles. The van der Waals surface area contributed by atoms with Gasteiger partial charge in [-0.1, -0.05) is 6.07 Å². The van der Waals surface area contributed by atoms with Gasteiger partial charge in [0.2, 0.25) is 11.5 Å². The number of aromatic nitrogens is 1. The van der Waals surface area contributed by atoms with Gasteiger partial charge >= 0.3 is 17.9 Å². The summed E-state index contributed by atoms with van der Waals surface area (Å²) < 4.78 is 27.1. The number of nitriles is 1. The van der Waals surface area contributed by atoms with E-state index in [1.54, 1.807) is 36.6 Å². The zero-order valence-electron chi connectivity index (χ0n) is 23.9. The highest BCUT2D eigenvalue weighted by Gasteiger charge is 2.23. The van der Waals surface area contributed by atoms with Crippen molar-refractivity contribution >= 4 is 29.8 Å². The highest BCUT2D eigenvalue weighted by atomic mass is 16.6. The molecule has 0 unspecified atom stereocenters. The first-order valence-corrected chi connectivity index (χ1v) is 12.7. The Morgan fingerprint density at radius 3 is 2.09 bits per heavy atom. The molecule has 2 heterocycles. The molecule has 11 heteroatoms. The number of methoxy groups -OCH3 is 3. The first kappa shape index (κ1) is 30.1. The number of furan rings is 1. The van der Waals surface area contributed by atoms with Crippen molar-refractivity contribution in [2.45, 2.75) is 13.8 Å². The number of allylic oxidation sites excluding steroid dienone is 1. The normalized spacial score (nSPS) is 10.9. The van der Waals surface area contributed by atoms with Crippen LogP contribution in [0.3, 0.4) is 0 Å². The SMILES string of the molecule is COC(=O)c1cc(C(=O)OC)cc(-n2c(C)cc(C(=O)/C(C#N)=C/c3ccc(OC(=O)c4ccco4)c(OC)c3)c2C)c1. The Hall–Kier alpha value is -5.89. The molecule has 0 aliphatic carbocycles. The number of aryl methyl sites for hydroxylation is 1. The van der Waals surface area contributed by atoms with Crippen molar-refractivity contribution in [1.82, 2.24) is 4.57 Å². The van der Waals surface area contributed by atoms with Gasteiger partial charge in [0.1, 0.15) is 11.6 Å². The molecule has 0 saturated heterocycles. The zero-order valence-corrected chi connectivity index (χ0v) is 23.9. The van der Waals surface area contributed by atoms with E-state index in [2.05, 4.69) is 0 Å². The number of ketones is 1. The predicted molar refractivity (Wildman–Crippen MR) is 153 cm³/mol. The van der Waals surface area contributed by atoms with E-state index in [0.717, 1.165) is 0 Å². The Labute approximate surface area is 246 Å². The van der Waals surface area contributed by atoms with E-state index in [1.807, 2.05) is 6.07 Å². The topological polar surface area (TPSA) is 147 Å². The summed E-state index contributed by atoms with van der Waals surface area (Å²) in [6.07, 6.45) is 2.74. The van der Waals surface area contributed by atoms with E-state index < -0.39 is 23.7 Å². The summed E-state index contributed by atoms with van der Waals surface area (Å²) in [6, 6.07) is 15.6. The lowest BCUT2D eigenvalue weighted by atomic mass is 10.0. The van der Waals surface area contributed by atoms with Crippen LogP contribution in [0.4, 0.5) is 0 Å². The van der Waals surface area contributed by atoms with Crippen LogP contribution < -0.4 is 9.47 Å². The Kier molecular flexibility index (Phi) is 8.91. The highest BCUT2D eigenvalue weighted by molar-refractivity contribution is 6.15. The molecule has 0 saturated carbocycles. The van der Waals surface area contributed by atoms with Gasteiger partial charge in [-0.3, -0.25) is 4.79 Å². The van der Waals surface area contributed by atoms with Gasteiger partial charge in [0.25, 0.3) is 0 Å². The number of benzene rings is 2. The number of carbonyl (C=O) groups is 4. The molecule has 0 bridgehead atoms. The maximum Gasteiger partial charge on any atom is 0.379 e. The quantitative estimate of drug-likeness (QED) is 0.0839. The third-order valence-electron chi connectivity index (χ3n) is 6.48. The molecule has 218 valence electrons. The summed E-state index contributed by atoms with van der Waals surface area (Å²) in [5.74, 6) is -2.25. The molecular weight excluding hydrogens is 556 g/mol. The number of rotatable bonds is 9. The van der Waals surface area contributed by atoms with E-state index in [-0.39, 0.29) is 39.5 Å². The van der Waals surface area contributed by atoms with Gasteiger partial charge in [0, 0.05) is 22.6 Å². The van der Waals surface area contributed by atoms with Crippen LogP contribution in [0.1, 0.15) is 58.6 Å². The van der Waals surface area contributed by atoms with E-state index in [1.165, 1.54) is 70.1 Å². The molecule has 4 aromatic rings. The molecule has 0 amide bonds. The van der Waals surface area contributed by atoms with E-state index in [4.69, 9.17) is 23.4 Å². The predicted octanol–water partition coefficient (Wildman–Crippen LogP) is 5.28. The van der Waals surface area contributed by atoms with Crippen molar-refractivity contribution in [3.63, 3.8) is 0 Å². The second-order valence-electron chi connectivity index (χ2n) is 9.15. The molecule has 0 atom stereocenters. The first-order valence-electron chi connectivity index (χ1n) is 12.7. The molecule has 0 fully saturated rings. The van der Waals surface area contributed by atoms with Gasteiger partial charge < -0.3 is 27.9 Å². The maximum atomic E-state index is 13.6. The third-order valence-corrected chi connectivity index (χ3v) is 6.48. The largest absolute Gasteiger partial charge is 0.493 e. The lowest BCUT2D eigenvalue weighted by Crippen LogP contribution is -2.10. The van der Waals surface area contributed by atoms with Crippen LogP contribution in [-0.2, 0) is 9.47 Å². The summed E-state index contributed by atoms with van der Waals surface area (Å²) in [5, 5.41) is 9.90. The third kappa shape index (κ3) is 6.23. The monoisotopic (exact) mass is 582 g/mol. The van der Waals surface area contributed by atoms with Gasteiger partial charge in [-0.15, -0.1) is 0 Å².